The number of nitriles is 1. The van der Waals surface area contributed by atoms with Crippen LogP contribution < -0.4 is 10.1 Å². The molecule has 0 fully saturated rings. The number of hydrogen-bond acceptors (Lipinski definition) is 3. The Morgan fingerprint density at radius 3 is 2.63 bits per heavy atom. The van der Waals surface area contributed by atoms with Crippen LogP contribution in [0, 0.1) is 11.3 Å². The van der Waals surface area contributed by atoms with Crippen molar-refractivity contribution >= 4 is 11.6 Å². The fraction of sp³-hybridized carbons (Fsp3) is 0.533. The molecule has 0 aliphatic heterocycles. The molecule has 0 bridgehead atoms. The summed E-state index contributed by atoms with van der Waals surface area (Å²) in [5.41, 5.74) is 0.982. The molecular weight excluding hydrogens is 260 g/mol. The summed E-state index contributed by atoms with van der Waals surface area (Å²) in [6, 6.07) is 7.76. The van der Waals surface area contributed by atoms with Crippen molar-refractivity contribution in [3.63, 3.8) is 0 Å². The maximum Gasteiger partial charge on any atom is 0.184 e. The van der Waals surface area contributed by atoms with E-state index in [1.54, 1.807) is 6.07 Å². The lowest BCUT2D eigenvalue weighted by atomic mass is 10.1. The second-order valence-electron chi connectivity index (χ2n) is 5.48. The molecular formula is C15H21ClN2O. The first-order valence-corrected chi connectivity index (χ1v) is 6.84. The van der Waals surface area contributed by atoms with Crippen molar-refractivity contribution in [3.8, 4) is 11.8 Å². The van der Waals surface area contributed by atoms with Gasteiger partial charge in [-0.15, -0.1) is 0 Å². The highest BCUT2D eigenvalue weighted by Crippen LogP contribution is 2.30. The molecule has 0 heterocycles. The van der Waals surface area contributed by atoms with Gasteiger partial charge < -0.3 is 10.1 Å². The third-order valence-electron chi connectivity index (χ3n) is 2.63. The summed E-state index contributed by atoms with van der Waals surface area (Å²) in [6.45, 7) is 8.87. The molecule has 0 aliphatic rings. The van der Waals surface area contributed by atoms with Crippen molar-refractivity contribution in [2.45, 2.75) is 52.3 Å². The predicted molar refractivity (Wildman–Crippen MR) is 78.4 cm³/mol. The van der Waals surface area contributed by atoms with Gasteiger partial charge in [0, 0.05) is 17.6 Å². The number of ether oxygens (including phenoxy) is 1. The molecule has 0 amide bonds. The van der Waals surface area contributed by atoms with E-state index in [0.29, 0.717) is 23.7 Å². The molecule has 1 atom stereocenters. The van der Waals surface area contributed by atoms with Gasteiger partial charge in [-0.25, -0.2) is 0 Å². The number of rotatable bonds is 5. The SMILES string of the molecule is CCC(C#N)Oc1c(Cl)cccc1CNC(C)(C)C. The summed E-state index contributed by atoms with van der Waals surface area (Å²) in [5.74, 6) is 0.606. The maximum atomic E-state index is 8.99. The average Bonchev–Trinajstić information content (AvgIpc) is 2.34. The maximum absolute atomic E-state index is 8.99. The summed E-state index contributed by atoms with van der Waals surface area (Å²) in [4.78, 5) is 0. The van der Waals surface area contributed by atoms with Gasteiger partial charge in [0.05, 0.1) is 5.02 Å². The van der Waals surface area contributed by atoms with E-state index in [1.165, 1.54) is 0 Å². The van der Waals surface area contributed by atoms with Gasteiger partial charge >= 0.3 is 0 Å². The first kappa shape index (κ1) is 15.8. The topological polar surface area (TPSA) is 45.0 Å². The number of hydrogen-bond donors (Lipinski definition) is 1. The second kappa shape index (κ2) is 6.79. The minimum atomic E-state index is -0.465. The Labute approximate surface area is 120 Å². The van der Waals surface area contributed by atoms with E-state index in [9.17, 15) is 0 Å². The van der Waals surface area contributed by atoms with Crippen LogP contribution in [-0.4, -0.2) is 11.6 Å². The number of nitrogens with zero attached hydrogens (tertiary/aromatic N) is 1. The minimum absolute atomic E-state index is 0.0129. The Hall–Kier alpha value is -1.24. The highest BCUT2D eigenvalue weighted by Gasteiger charge is 2.15. The van der Waals surface area contributed by atoms with Crippen LogP contribution in [0.2, 0.25) is 5.02 Å². The van der Waals surface area contributed by atoms with E-state index in [2.05, 4.69) is 32.2 Å². The van der Waals surface area contributed by atoms with Crippen molar-refractivity contribution in [1.29, 1.82) is 5.26 Å². The average molecular weight is 281 g/mol. The van der Waals surface area contributed by atoms with Crippen LogP contribution in [0.5, 0.6) is 5.75 Å². The number of halogens is 1. The predicted octanol–water partition coefficient (Wildman–Crippen LogP) is 3.91. The lowest BCUT2D eigenvalue weighted by Crippen LogP contribution is -2.35. The fourth-order valence-electron chi connectivity index (χ4n) is 1.53. The Bertz CT molecular complexity index is 460. The molecule has 19 heavy (non-hydrogen) atoms. The number of nitrogens with one attached hydrogen (secondary N) is 1. The molecule has 1 aromatic carbocycles. The molecule has 1 unspecified atom stereocenters. The fourth-order valence-corrected chi connectivity index (χ4v) is 1.77. The lowest BCUT2D eigenvalue weighted by Gasteiger charge is -2.22. The van der Waals surface area contributed by atoms with Crippen LogP contribution >= 0.6 is 11.6 Å². The molecule has 0 saturated carbocycles. The smallest absolute Gasteiger partial charge is 0.184 e. The van der Waals surface area contributed by atoms with Gasteiger partial charge in [-0.2, -0.15) is 5.26 Å². The van der Waals surface area contributed by atoms with E-state index in [0.717, 1.165) is 5.56 Å². The van der Waals surface area contributed by atoms with Gasteiger partial charge in [-0.05, 0) is 33.3 Å². The van der Waals surface area contributed by atoms with E-state index in [-0.39, 0.29) is 5.54 Å². The van der Waals surface area contributed by atoms with E-state index in [1.807, 2.05) is 19.1 Å². The highest BCUT2D eigenvalue weighted by molar-refractivity contribution is 6.32. The monoisotopic (exact) mass is 280 g/mol. The summed E-state index contributed by atoms with van der Waals surface area (Å²) in [6.07, 6.45) is 0.168. The Kier molecular flexibility index (Phi) is 5.65. The largest absolute Gasteiger partial charge is 0.474 e. The molecule has 0 radical (unpaired) electrons. The van der Waals surface area contributed by atoms with Crippen LogP contribution in [0.4, 0.5) is 0 Å². The Morgan fingerprint density at radius 1 is 1.42 bits per heavy atom. The molecule has 0 saturated heterocycles. The molecule has 1 rings (SSSR count). The molecule has 0 spiro atoms. The Balaban J connectivity index is 2.92. The molecule has 0 aliphatic carbocycles. The van der Waals surface area contributed by atoms with Crippen molar-refractivity contribution in [1.82, 2.24) is 5.32 Å². The second-order valence-corrected chi connectivity index (χ2v) is 5.88. The van der Waals surface area contributed by atoms with Crippen molar-refractivity contribution < 1.29 is 4.74 Å². The lowest BCUT2D eigenvalue weighted by molar-refractivity contribution is 0.248. The van der Waals surface area contributed by atoms with Gasteiger partial charge in [0.1, 0.15) is 11.8 Å². The standard InChI is InChI=1S/C15H21ClN2O/c1-5-12(9-17)19-14-11(7-6-8-13(14)16)10-18-15(2,3)4/h6-8,12,18H,5,10H2,1-4H3. The highest BCUT2D eigenvalue weighted by atomic mass is 35.5. The van der Waals surface area contributed by atoms with Crippen molar-refractivity contribution in [3.05, 3.63) is 28.8 Å². The minimum Gasteiger partial charge on any atom is -0.474 e. The molecule has 4 heteroatoms. The third kappa shape index (κ3) is 5.10. The number of benzene rings is 1. The summed E-state index contributed by atoms with van der Waals surface area (Å²) >= 11 is 6.18. The van der Waals surface area contributed by atoms with Crippen LogP contribution in [0.1, 0.15) is 39.7 Å². The van der Waals surface area contributed by atoms with Crippen LogP contribution in [0.3, 0.4) is 0 Å². The van der Waals surface area contributed by atoms with E-state index >= 15 is 0 Å². The van der Waals surface area contributed by atoms with Gasteiger partial charge in [0.2, 0.25) is 0 Å². The van der Waals surface area contributed by atoms with Gasteiger partial charge in [-0.1, -0.05) is 30.7 Å². The quantitative estimate of drug-likeness (QED) is 0.889. The van der Waals surface area contributed by atoms with Crippen molar-refractivity contribution in [2.75, 3.05) is 0 Å². The van der Waals surface area contributed by atoms with Crippen LogP contribution in [0.25, 0.3) is 0 Å². The zero-order valence-electron chi connectivity index (χ0n) is 12.0. The summed E-state index contributed by atoms with van der Waals surface area (Å²) in [7, 11) is 0. The van der Waals surface area contributed by atoms with Gasteiger partial charge in [0.15, 0.2) is 6.10 Å². The number of para-hydroxylation sites is 1. The summed E-state index contributed by atoms with van der Waals surface area (Å²) in [5, 5.41) is 12.9. The molecule has 1 N–H and O–H groups in total. The first-order valence-electron chi connectivity index (χ1n) is 6.46. The van der Waals surface area contributed by atoms with Gasteiger partial charge in [0.25, 0.3) is 0 Å². The molecule has 104 valence electrons. The van der Waals surface area contributed by atoms with Crippen LogP contribution in [0.15, 0.2) is 18.2 Å². The summed E-state index contributed by atoms with van der Waals surface area (Å²) < 4.78 is 5.71. The zero-order chi connectivity index (χ0) is 14.5. The Morgan fingerprint density at radius 2 is 2.11 bits per heavy atom. The van der Waals surface area contributed by atoms with Crippen molar-refractivity contribution in [2.24, 2.45) is 0 Å². The first-order chi connectivity index (χ1) is 8.87. The molecule has 0 aromatic heterocycles. The zero-order valence-corrected chi connectivity index (χ0v) is 12.7. The molecule has 1 aromatic rings. The third-order valence-corrected chi connectivity index (χ3v) is 2.93. The normalized spacial score (nSPS) is 12.8. The molecule has 3 nitrogen and oxygen atoms in total. The van der Waals surface area contributed by atoms with Crippen LogP contribution in [-0.2, 0) is 6.54 Å². The van der Waals surface area contributed by atoms with Gasteiger partial charge in [-0.3, -0.25) is 0 Å². The van der Waals surface area contributed by atoms with E-state index < -0.39 is 6.10 Å². The van der Waals surface area contributed by atoms with E-state index in [4.69, 9.17) is 21.6 Å².